The molecule has 1 saturated heterocycles. The Morgan fingerprint density at radius 2 is 2.12 bits per heavy atom. The summed E-state index contributed by atoms with van der Waals surface area (Å²) in [6.07, 6.45) is 5.80. The highest BCUT2D eigenvalue weighted by Crippen LogP contribution is 2.07. The maximum Gasteiger partial charge on any atom is 0.230 e. The normalized spacial score (nSPS) is 17.0. The molecule has 3 nitrogen and oxygen atoms in total. The number of thioether (sulfide) groups is 1. The zero-order valence-electron chi connectivity index (χ0n) is 9.91. The fraction of sp³-hybridized carbons (Fsp3) is 0.750. The van der Waals surface area contributed by atoms with Crippen LogP contribution in [-0.2, 0) is 4.79 Å². The molecule has 1 fully saturated rings. The Morgan fingerprint density at radius 3 is 2.81 bits per heavy atom. The second kappa shape index (κ2) is 8.65. The van der Waals surface area contributed by atoms with E-state index >= 15 is 0 Å². The van der Waals surface area contributed by atoms with E-state index in [1.807, 2.05) is 6.08 Å². The van der Waals surface area contributed by atoms with Crippen LogP contribution in [0.3, 0.4) is 0 Å². The minimum absolute atomic E-state index is 0.142. The van der Waals surface area contributed by atoms with Gasteiger partial charge in [-0.3, -0.25) is 4.79 Å². The number of amides is 1. The molecule has 92 valence electrons. The third-order valence-corrected chi connectivity index (χ3v) is 3.61. The van der Waals surface area contributed by atoms with E-state index in [-0.39, 0.29) is 5.91 Å². The van der Waals surface area contributed by atoms with E-state index < -0.39 is 0 Å². The fourth-order valence-corrected chi connectivity index (χ4v) is 2.39. The maximum atomic E-state index is 11.4. The summed E-state index contributed by atoms with van der Waals surface area (Å²) in [5.41, 5.74) is 0. The number of carbonyl (C=O) groups excluding carboxylic acids is 1. The van der Waals surface area contributed by atoms with Crippen molar-refractivity contribution >= 4 is 17.7 Å². The predicted molar refractivity (Wildman–Crippen MR) is 70.8 cm³/mol. The minimum Gasteiger partial charge on any atom is -0.354 e. The van der Waals surface area contributed by atoms with E-state index in [4.69, 9.17) is 0 Å². The minimum atomic E-state index is 0.142. The largest absolute Gasteiger partial charge is 0.354 e. The van der Waals surface area contributed by atoms with Crippen LogP contribution in [0.15, 0.2) is 12.7 Å². The molecule has 0 aromatic heterocycles. The Morgan fingerprint density at radius 1 is 1.38 bits per heavy atom. The Labute approximate surface area is 103 Å². The summed E-state index contributed by atoms with van der Waals surface area (Å²) in [5, 5.41) is 2.95. The maximum absolute atomic E-state index is 11.4. The van der Waals surface area contributed by atoms with Gasteiger partial charge in [-0.2, -0.15) is 0 Å². The molecule has 0 spiro atoms. The zero-order chi connectivity index (χ0) is 11.6. The predicted octanol–water partition coefficient (Wildman–Crippen LogP) is 1.51. The number of nitrogens with one attached hydrogen (secondary N) is 1. The van der Waals surface area contributed by atoms with Gasteiger partial charge in [0.15, 0.2) is 0 Å². The molecule has 0 aliphatic carbocycles. The van der Waals surface area contributed by atoms with Crippen LogP contribution in [0.2, 0.25) is 0 Å². The molecule has 4 heteroatoms. The molecule has 0 unspecified atom stereocenters. The van der Waals surface area contributed by atoms with Crippen LogP contribution in [0, 0.1) is 0 Å². The molecule has 1 amide bonds. The molecular formula is C12H22N2OS. The van der Waals surface area contributed by atoms with Crippen molar-refractivity contribution in [3.63, 3.8) is 0 Å². The van der Waals surface area contributed by atoms with Gasteiger partial charge in [0.05, 0.1) is 5.75 Å². The van der Waals surface area contributed by atoms with E-state index in [0.29, 0.717) is 5.75 Å². The lowest BCUT2D eigenvalue weighted by Crippen LogP contribution is -2.38. The van der Waals surface area contributed by atoms with E-state index in [0.717, 1.165) is 18.8 Å². The summed E-state index contributed by atoms with van der Waals surface area (Å²) in [6, 6.07) is 0. The van der Waals surface area contributed by atoms with Crippen LogP contribution in [-0.4, -0.2) is 48.5 Å². The Balaban J connectivity index is 1.96. The lowest BCUT2D eigenvalue weighted by molar-refractivity contribution is -0.118. The van der Waals surface area contributed by atoms with Crippen LogP contribution < -0.4 is 5.32 Å². The van der Waals surface area contributed by atoms with Gasteiger partial charge in [0.1, 0.15) is 0 Å². The van der Waals surface area contributed by atoms with Crippen molar-refractivity contribution in [1.29, 1.82) is 0 Å². The summed E-state index contributed by atoms with van der Waals surface area (Å²) < 4.78 is 0. The lowest BCUT2D eigenvalue weighted by atomic mass is 10.1. The molecule has 0 aromatic carbocycles. The highest BCUT2D eigenvalue weighted by Gasteiger charge is 2.09. The molecule has 16 heavy (non-hydrogen) atoms. The van der Waals surface area contributed by atoms with Crippen molar-refractivity contribution in [1.82, 2.24) is 10.2 Å². The number of hydrogen-bond acceptors (Lipinski definition) is 3. The van der Waals surface area contributed by atoms with Gasteiger partial charge >= 0.3 is 0 Å². The molecule has 1 rings (SSSR count). The molecule has 0 radical (unpaired) electrons. The Bertz CT molecular complexity index is 215. The summed E-state index contributed by atoms with van der Waals surface area (Å²) in [5.74, 6) is 1.54. The average molecular weight is 242 g/mol. The molecule has 1 aliphatic heterocycles. The number of nitrogens with zero attached hydrogens (tertiary/aromatic N) is 1. The summed E-state index contributed by atoms with van der Waals surface area (Å²) in [7, 11) is 0. The quantitative estimate of drug-likeness (QED) is 0.542. The van der Waals surface area contributed by atoms with Gasteiger partial charge in [0.2, 0.25) is 5.91 Å². The average Bonchev–Trinajstić information content (AvgIpc) is 2.31. The molecule has 1 N–H and O–H groups in total. The topological polar surface area (TPSA) is 32.3 Å². The first-order valence-electron chi connectivity index (χ1n) is 6.00. The van der Waals surface area contributed by atoms with Crippen LogP contribution in [0.25, 0.3) is 0 Å². The van der Waals surface area contributed by atoms with Crippen molar-refractivity contribution in [3.8, 4) is 0 Å². The number of carbonyl (C=O) groups is 1. The van der Waals surface area contributed by atoms with Crippen LogP contribution >= 0.6 is 11.8 Å². The number of rotatable bonds is 7. The molecule has 0 saturated carbocycles. The van der Waals surface area contributed by atoms with Gasteiger partial charge in [-0.25, -0.2) is 0 Å². The summed E-state index contributed by atoms with van der Waals surface area (Å²) in [4.78, 5) is 13.8. The number of piperidine rings is 1. The highest BCUT2D eigenvalue weighted by molar-refractivity contribution is 8.00. The first kappa shape index (κ1) is 13.6. The molecule has 1 heterocycles. The molecule has 0 bridgehead atoms. The molecule has 0 atom stereocenters. The lowest BCUT2D eigenvalue weighted by Gasteiger charge is -2.26. The van der Waals surface area contributed by atoms with Crippen molar-refractivity contribution in [2.75, 3.05) is 37.7 Å². The molecule has 1 aliphatic rings. The van der Waals surface area contributed by atoms with Gasteiger partial charge in [-0.1, -0.05) is 12.5 Å². The van der Waals surface area contributed by atoms with E-state index in [2.05, 4.69) is 16.8 Å². The van der Waals surface area contributed by atoms with E-state index in [1.165, 1.54) is 32.4 Å². The van der Waals surface area contributed by atoms with E-state index in [9.17, 15) is 4.79 Å². The monoisotopic (exact) mass is 242 g/mol. The smallest absolute Gasteiger partial charge is 0.230 e. The summed E-state index contributed by atoms with van der Waals surface area (Å²) >= 11 is 1.60. The second-order valence-electron chi connectivity index (χ2n) is 4.06. The van der Waals surface area contributed by atoms with Gasteiger partial charge in [0, 0.05) is 18.8 Å². The highest BCUT2D eigenvalue weighted by atomic mass is 32.2. The third-order valence-electron chi connectivity index (χ3n) is 2.67. The van der Waals surface area contributed by atoms with Gasteiger partial charge < -0.3 is 10.2 Å². The first-order chi connectivity index (χ1) is 7.83. The number of likely N-dealkylation sites (tertiary alicyclic amines) is 1. The van der Waals surface area contributed by atoms with Crippen LogP contribution in [0.4, 0.5) is 0 Å². The zero-order valence-corrected chi connectivity index (χ0v) is 10.7. The Kier molecular flexibility index (Phi) is 7.34. The number of hydrogen-bond donors (Lipinski definition) is 1. The van der Waals surface area contributed by atoms with Crippen molar-refractivity contribution in [3.05, 3.63) is 12.7 Å². The van der Waals surface area contributed by atoms with Gasteiger partial charge in [0.25, 0.3) is 0 Å². The standard InChI is InChI=1S/C12H22N2OS/c1-2-10-16-11-12(15)13-6-9-14-7-4-3-5-8-14/h2H,1,3-11H2,(H,13,15). The van der Waals surface area contributed by atoms with Crippen molar-refractivity contribution in [2.24, 2.45) is 0 Å². The summed E-state index contributed by atoms with van der Waals surface area (Å²) in [6.45, 7) is 7.80. The van der Waals surface area contributed by atoms with E-state index in [1.54, 1.807) is 11.8 Å². The SMILES string of the molecule is C=CCSCC(=O)NCCN1CCCCC1. The van der Waals surface area contributed by atoms with Gasteiger partial charge in [-0.05, 0) is 25.9 Å². The van der Waals surface area contributed by atoms with Gasteiger partial charge in [-0.15, -0.1) is 18.3 Å². The van der Waals surface area contributed by atoms with Crippen molar-refractivity contribution in [2.45, 2.75) is 19.3 Å². The van der Waals surface area contributed by atoms with Crippen LogP contribution in [0.5, 0.6) is 0 Å². The fourth-order valence-electron chi connectivity index (χ4n) is 1.82. The molecule has 0 aromatic rings. The molecular weight excluding hydrogens is 220 g/mol. The second-order valence-corrected chi connectivity index (χ2v) is 5.09. The Hall–Kier alpha value is -0.480. The first-order valence-corrected chi connectivity index (χ1v) is 7.16. The van der Waals surface area contributed by atoms with Crippen LogP contribution in [0.1, 0.15) is 19.3 Å². The third kappa shape index (κ3) is 6.18. The van der Waals surface area contributed by atoms with Crippen molar-refractivity contribution < 1.29 is 4.79 Å².